The number of epoxide rings is 1. The number of fused-ring (bicyclic) bond motifs is 2. The van der Waals surface area contributed by atoms with Crippen LogP contribution in [-0.4, -0.2) is 47.1 Å². The Morgan fingerprint density at radius 2 is 2.15 bits per heavy atom. The minimum absolute atomic E-state index is 0.0475. The molecule has 144 valence electrons. The molecule has 1 N–H and O–H groups in total. The summed E-state index contributed by atoms with van der Waals surface area (Å²) in [6.07, 6.45) is 1.50. The van der Waals surface area contributed by atoms with E-state index in [0.29, 0.717) is 5.57 Å². The first-order chi connectivity index (χ1) is 12.2. The molecule has 26 heavy (non-hydrogen) atoms. The molecule has 3 aliphatic rings. The molecule has 2 aliphatic heterocycles. The number of hydrogen-bond acceptors (Lipinski definition) is 6. The number of allylic oxidation sites excluding steroid dienone is 1. The summed E-state index contributed by atoms with van der Waals surface area (Å²) in [6.45, 7) is 11.2. The average molecular weight is 364 g/mol. The van der Waals surface area contributed by atoms with E-state index in [1.54, 1.807) is 19.9 Å². The minimum Gasteiger partial charge on any atom is -0.455 e. The van der Waals surface area contributed by atoms with E-state index < -0.39 is 41.8 Å². The lowest BCUT2D eigenvalue weighted by molar-refractivity contribution is -0.154. The fourth-order valence-electron chi connectivity index (χ4n) is 4.07. The molecule has 6 nitrogen and oxygen atoms in total. The Hall–Kier alpha value is -1.66. The van der Waals surface area contributed by atoms with Crippen molar-refractivity contribution in [3.8, 4) is 0 Å². The summed E-state index contributed by atoms with van der Waals surface area (Å²) < 4.78 is 17.2. The van der Waals surface area contributed by atoms with Gasteiger partial charge in [-0.25, -0.2) is 9.59 Å². The summed E-state index contributed by atoms with van der Waals surface area (Å²) >= 11 is 0. The van der Waals surface area contributed by atoms with Gasteiger partial charge >= 0.3 is 11.9 Å². The summed E-state index contributed by atoms with van der Waals surface area (Å²) in [5.41, 5.74) is 0.314. The summed E-state index contributed by atoms with van der Waals surface area (Å²) in [5, 5.41) is 10.8. The molecule has 0 aromatic heterocycles. The van der Waals surface area contributed by atoms with Gasteiger partial charge in [-0.1, -0.05) is 26.0 Å². The maximum absolute atomic E-state index is 12.4. The van der Waals surface area contributed by atoms with Crippen LogP contribution in [0.15, 0.2) is 23.8 Å². The molecule has 0 bridgehead atoms. The predicted octanol–water partition coefficient (Wildman–Crippen LogP) is 2.30. The van der Waals surface area contributed by atoms with E-state index in [1.165, 1.54) is 0 Å². The Morgan fingerprint density at radius 3 is 2.81 bits per heavy atom. The third kappa shape index (κ3) is 3.21. The molecule has 2 heterocycles. The van der Waals surface area contributed by atoms with E-state index in [2.05, 4.69) is 6.58 Å². The molecule has 0 spiro atoms. The van der Waals surface area contributed by atoms with Crippen LogP contribution in [-0.2, 0) is 23.8 Å². The van der Waals surface area contributed by atoms with Gasteiger partial charge in [-0.15, -0.1) is 0 Å². The van der Waals surface area contributed by atoms with Crippen LogP contribution >= 0.6 is 0 Å². The van der Waals surface area contributed by atoms with Crippen molar-refractivity contribution in [1.29, 1.82) is 0 Å². The van der Waals surface area contributed by atoms with E-state index in [1.807, 2.05) is 13.8 Å². The second-order valence-corrected chi connectivity index (χ2v) is 7.97. The van der Waals surface area contributed by atoms with Crippen molar-refractivity contribution in [2.45, 2.75) is 77.0 Å². The zero-order valence-electron chi connectivity index (χ0n) is 15.9. The third-order valence-electron chi connectivity index (χ3n) is 6.11. The number of aliphatic hydroxyl groups excluding tert-OH is 1. The Labute approximate surface area is 154 Å². The van der Waals surface area contributed by atoms with Crippen molar-refractivity contribution in [2.75, 3.05) is 0 Å². The second kappa shape index (κ2) is 6.82. The topological polar surface area (TPSA) is 85.4 Å². The molecule has 6 heteroatoms. The molecule has 2 saturated heterocycles. The number of ether oxygens (including phenoxy) is 3. The lowest BCUT2D eigenvalue weighted by atomic mass is 9.78. The highest BCUT2D eigenvalue weighted by molar-refractivity contribution is 5.91. The van der Waals surface area contributed by atoms with Crippen LogP contribution < -0.4 is 0 Å². The van der Waals surface area contributed by atoms with Crippen LogP contribution in [0.2, 0.25) is 0 Å². The minimum atomic E-state index is -0.838. The molecular weight excluding hydrogens is 336 g/mol. The second-order valence-electron chi connectivity index (χ2n) is 7.97. The van der Waals surface area contributed by atoms with Gasteiger partial charge in [-0.2, -0.15) is 0 Å². The van der Waals surface area contributed by atoms with E-state index in [-0.39, 0.29) is 17.6 Å². The highest BCUT2D eigenvalue weighted by Crippen LogP contribution is 2.50. The molecule has 3 rings (SSSR count). The molecule has 7 unspecified atom stereocenters. The molecule has 1 saturated carbocycles. The van der Waals surface area contributed by atoms with Crippen LogP contribution in [0.25, 0.3) is 0 Å². The van der Waals surface area contributed by atoms with Crippen LogP contribution in [0.1, 0.15) is 47.0 Å². The van der Waals surface area contributed by atoms with Crippen molar-refractivity contribution < 1.29 is 28.9 Å². The number of hydrogen-bond donors (Lipinski definition) is 1. The van der Waals surface area contributed by atoms with Crippen LogP contribution in [0.3, 0.4) is 0 Å². The molecule has 3 fully saturated rings. The van der Waals surface area contributed by atoms with Crippen molar-refractivity contribution in [3.05, 3.63) is 23.8 Å². The molecule has 7 atom stereocenters. The van der Waals surface area contributed by atoms with Gasteiger partial charge in [0.2, 0.25) is 0 Å². The largest absolute Gasteiger partial charge is 0.455 e. The lowest BCUT2D eigenvalue weighted by Crippen LogP contribution is -2.46. The number of carbonyl (C=O) groups is 2. The Balaban J connectivity index is 1.97. The molecule has 1 aliphatic carbocycles. The van der Waals surface area contributed by atoms with Gasteiger partial charge in [0, 0.05) is 11.1 Å². The Kier molecular flexibility index (Phi) is 5.01. The SMILES string of the molecule is C=C1C(=O)OC2C(O)C(C)CCCC3(C)OC3C(OC(=O)/C(C)=C/C)C12. The van der Waals surface area contributed by atoms with E-state index >= 15 is 0 Å². The lowest BCUT2D eigenvalue weighted by Gasteiger charge is -2.32. The highest BCUT2D eigenvalue weighted by atomic mass is 16.6. The predicted molar refractivity (Wildman–Crippen MR) is 94.1 cm³/mol. The standard InChI is InChI=1S/C20H28O6/c1-6-10(2)18(22)25-16-13-12(4)19(23)24-15(13)14(21)11(3)8-7-9-20(5)17(16)26-20/h6,11,13-17,21H,4,7-9H2,1-3,5H3/b10-6+. The summed E-state index contributed by atoms with van der Waals surface area (Å²) in [4.78, 5) is 24.6. The first-order valence-electron chi connectivity index (χ1n) is 9.29. The quantitative estimate of drug-likeness (QED) is 0.460. The van der Waals surface area contributed by atoms with Gasteiger partial charge in [-0.3, -0.25) is 0 Å². The van der Waals surface area contributed by atoms with E-state index in [4.69, 9.17) is 14.2 Å². The maximum atomic E-state index is 12.4. The van der Waals surface area contributed by atoms with Crippen LogP contribution in [0.5, 0.6) is 0 Å². The van der Waals surface area contributed by atoms with Crippen LogP contribution in [0, 0.1) is 11.8 Å². The molecule has 0 aromatic carbocycles. The van der Waals surface area contributed by atoms with Gasteiger partial charge in [0.1, 0.15) is 18.3 Å². The first kappa shape index (κ1) is 19.1. The third-order valence-corrected chi connectivity index (χ3v) is 6.11. The van der Waals surface area contributed by atoms with Crippen LogP contribution in [0.4, 0.5) is 0 Å². The van der Waals surface area contributed by atoms with Gasteiger partial charge in [0.25, 0.3) is 0 Å². The number of rotatable bonds is 2. The number of aliphatic hydroxyl groups is 1. The van der Waals surface area contributed by atoms with Crippen molar-refractivity contribution in [1.82, 2.24) is 0 Å². The maximum Gasteiger partial charge on any atom is 0.334 e. The van der Waals surface area contributed by atoms with Gasteiger partial charge in [-0.05, 0) is 39.5 Å². The summed E-state index contributed by atoms with van der Waals surface area (Å²) in [5.74, 6) is -1.66. The number of carbonyl (C=O) groups excluding carboxylic acids is 2. The smallest absolute Gasteiger partial charge is 0.334 e. The highest BCUT2D eigenvalue weighted by Gasteiger charge is 2.63. The monoisotopic (exact) mass is 364 g/mol. The number of esters is 2. The van der Waals surface area contributed by atoms with Crippen molar-refractivity contribution in [2.24, 2.45) is 11.8 Å². The van der Waals surface area contributed by atoms with Gasteiger partial charge in [0.05, 0.1) is 17.6 Å². The average Bonchev–Trinajstić information content (AvgIpc) is 3.18. The van der Waals surface area contributed by atoms with E-state index in [0.717, 1.165) is 19.3 Å². The normalized spacial score (nSPS) is 43.2. The van der Waals surface area contributed by atoms with Gasteiger partial charge in [0.15, 0.2) is 0 Å². The fourth-order valence-corrected chi connectivity index (χ4v) is 4.07. The van der Waals surface area contributed by atoms with Gasteiger partial charge < -0.3 is 19.3 Å². The Morgan fingerprint density at radius 1 is 1.46 bits per heavy atom. The van der Waals surface area contributed by atoms with Crippen molar-refractivity contribution >= 4 is 11.9 Å². The molecule has 0 amide bonds. The molecule has 0 radical (unpaired) electrons. The van der Waals surface area contributed by atoms with E-state index in [9.17, 15) is 14.7 Å². The zero-order valence-corrected chi connectivity index (χ0v) is 15.9. The molecule has 0 aromatic rings. The molecular formula is C20H28O6. The first-order valence-corrected chi connectivity index (χ1v) is 9.29. The fraction of sp³-hybridized carbons (Fsp3) is 0.700. The van der Waals surface area contributed by atoms with Crippen molar-refractivity contribution in [3.63, 3.8) is 0 Å². The summed E-state index contributed by atoms with van der Waals surface area (Å²) in [7, 11) is 0. The summed E-state index contributed by atoms with van der Waals surface area (Å²) in [6, 6.07) is 0. The Bertz CT molecular complexity index is 653. The zero-order chi connectivity index (χ0) is 19.2.